The lowest BCUT2D eigenvalue weighted by atomic mass is 9.72. The predicted molar refractivity (Wildman–Crippen MR) is 60.4 cm³/mol. The third-order valence-electron chi connectivity index (χ3n) is 4.81. The fourth-order valence-electron chi connectivity index (χ4n) is 3.83. The molecule has 2 aliphatic carbocycles. The normalized spacial score (nSPS) is 49.0. The largest absolute Gasteiger partial charge is 0.392 e. The van der Waals surface area contributed by atoms with E-state index in [1.54, 1.807) is 0 Å². The molecule has 2 aliphatic rings. The smallest absolute Gasteiger partial charge is 0.0646 e. The van der Waals surface area contributed by atoms with Crippen LogP contribution >= 0.6 is 0 Å². The van der Waals surface area contributed by atoms with Crippen molar-refractivity contribution in [3.63, 3.8) is 0 Å². The van der Waals surface area contributed by atoms with Crippen LogP contribution in [-0.4, -0.2) is 22.4 Å². The van der Waals surface area contributed by atoms with Crippen molar-refractivity contribution in [1.29, 1.82) is 0 Å². The minimum Gasteiger partial charge on any atom is -0.392 e. The lowest BCUT2D eigenvalue weighted by Gasteiger charge is -2.38. The number of rotatable bonds is 1. The van der Waals surface area contributed by atoms with Crippen LogP contribution in [0.5, 0.6) is 0 Å². The van der Waals surface area contributed by atoms with E-state index < -0.39 is 0 Å². The summed E-state index contributed by atoms with van der Waals surface area (Å²) in [6.45, 7) is 6.40. The first-order valence-corrected chi connectivity index (χ1v) is 6.33. The van der Waals surface area contributed by atoms with Gasteiger partial charge in [0.05, 0.1) is 12.2 Å². The molecule has 4 unspecified atom stereocenters. The summed E-state index contributed by atoms with van der Waals surface area (Å²) in [6, 6.07) is 0. The van der Waals surface area contributed by atoms with Crippen LogP contribution < -0.4 is 0 Å². The molecule has 0 radical (unpaired) electrons. The second-order valence-electron chi connectivity index (χ2n) is 6.21. The molecular weight excluding hydrogens is 188 g/mol. The van der Waals surface area contributed by atoms with Gasteiger partial charge in [-0.1, -0.05) is 27.2 Å². The van der Waals surface area contributed by atoms with Crippen molar-refractivity contribution in [1.82, 2.24) is 0 Å². The third kappa shape index (κ3) is 1.72. The van der Waals surface area contributed by atoms with Gasteiger partial charge in [-0.25, -0.2) is 0 Å². The molecule has 0 bridgehead atoms. The molecule has 0 aliphatic heterocycles. The third-order valence-corrected chi connectivity index (χ3v) is 4.81. The van der Waals surface area contributed by atoms with Gasteiger partial charge >= 0.3 is 0 Å². The Bertz CT molecular complexity index is 237. The molecule has 0 amide bonds. The number of aliphatic hydroxyl groups is 2. The summed E-state index contributed by atoms with van der Waals surface area (Å²) < 4.78 is 0. The van der Waals surface area contributed by atoms with E-state index in [1.807, 2.05) is 0 Å². The molecular formula is C13H24O2. The monoisotopic (exact) mass is 212 g/mol. The van der Waals surface area contributed by atoms with Gasteiger partial charge in [0.25, 0.3) is 0 Å². The van der Waals surface area contributed by atoms with Crippen molar-refractivity contribution in [3.8, 4) is 0 Å². The SMILES string of the molecule is CC[C@@H]1CCC2CC(C)(C)C(O)C2C1O. The highest BCUT2D eigenvalue weighted by atomic mass is 16.3. The molecule has 5 atom stereocenters. The molecule has 0 spiro atoms. The van der Waals surface area contributed by atoms with Crippen molar-refractivity contribution in [2.45, 2.75) is 58.7 Å². The summed E-state index contributed by atoms with van der Waals surface area (Å²) >= 11 is 0. The summed E-state index contributed by atoms with van der Waals surface area (Å²) in [5, 5.41) is 20.6. The van der Waals surface area contributed by atoms with Gasteiger partial charge in [-0.05, 0) is 36.5 Å². The number of hydrogen-bond acceptors (Lipinski definition) is 2. The van der Waals surface area contributed by atoms with Gasteiger partial charge in [0.1, 0.15) is 0 Å². The Kier molecular flexibility index (Phi) is 2.85. The molecule has 2 nitrogen and oxygen atoms in total. The van der Waals surface area contributed by atoms with Gasteiger partial charge in [0.15, 0.2) is 0 Å². The Balaban J connectivity index is 2.17. The van der Waals surface area contributed by atoms with Crippen LogP contribution in [0.3, 0.4) is 0 Å². The van der Waals surface area contributed by atoms with E-state index in [0.717, 1.165) is 19.3 Å². The first kappa shape index (κ1) is 11.4. The predicted octanol–water partition coefficient (Wildman–Crippen LogP) is 2.19. The molecule has 0 aromatic carbocycles. The van der Waals surface area contributed by atoms with Crippen LogP contribution in [0.1, 0.15) is 46.5 Å². The highest BCUT2D eigenvalue weighted by Gasteiger charge is 2.52. The van der Waals surface area contributed by atoms with Gasteiger partial charge in [-0.3, -0.25) is 0 Å². The van der Waals surface area contributed by atoms with Crippen LogP contribution in [0.2, 0.25) is 0 Å². The van der Waals surface area contributed by atoms with E-state index in [4.69, 9.17) is 0 Å². The minimum atomic E-state index is -0.313. The Morgan fingerprint density at radius 3 is 2.47 bits per heavy atom. The molecule has 0 aromatic heterocycles. The lowest BCUT2D eigenvalue weighted by Crippen LogP contribution is -2.42. The van der Waals surface area contributed by atoms with E-state index in [2.05, 4.69) is 20.8 Å². The maximum atomic E-state index is 10.3. The Hall–Kier alpha value is -0.0800. The summed E-state index contributed by atoms with van der Waals surface area (Å²) in [5.74, 6) is 1.10. The molecule has 0 aromatic rings. The maximum Gasteiger partial charge on any atom is 0.0646 e. The minimum absolute atomic E-state index is 0.00105. The Labute approximate surface area is 92.7 Å². The molecule has 2 saturated carbocycles. The summed E-state index contributed by atoms with van der Waals surface area (Å²) in [4.78, 5) is 0. The van der Waals surface area contributed by atoms with Gasteiger partial charge in [-0.2, -0.15) is 0 Å². The number of fused-ring (bicyclic) bond motifs is 1. The van der Waals surface area contributed by atoms with Gasteiger partial charge < -0.3 is 10.2 Å². The topological polar surface area (TPSA) is 40.5 Å². The fraction of sp³-hybridized carbons (Fsp3) is 1.00. The van der Waals surface area contributed by atoms with Crippen molar-refractivity contribution >= 4 is 0 Å². The van der Waals surface area contributed by atoms with Gasteiger partial charge in [0, 0.05) is 5.92 Å². The number of aliphatic hydroxyl groups excluding tert-OH is 2. The van der Waals surface area contributed by atoms with Crippen LogP contribution in [-0.2, 0) is 0 Å². The van der Waals surface area contributed by atoms with E-state index in [-0.39, 0.29) is 23.5 Å². The van der Waals surface area contributed by atoms with Crippen molar-refractivity contribution in [2.24, 2.45) is 23.2 Å². The van der Waals surface area contributed by atoms with Crippen LogP contribution in [0, 0.1) is 23.2 Å². The van der Waals surface area contributed by atoms with Crippen LogP contribution in [0.4, 0.5) is 0 Å². The zero-order valence-corrected chi connectivity index (χ0v) is 10.1. The summed E-state index contributed by atoms with van der Waals surface area (Å²) in [6.07, 6.45) is 3.86. The van der Waals surface area contributed by atoms with E-state index in [9.17, 15) is 10.2 Å². The van der Waals surface area contributed by atoms with Crippen LogP contribution in [0.15, 0.2) is 0 Å². The second-order valence-corrected chi connectivity index (χ2v) is 6.21. The molecule has 0 heterocycles. The summed E-state index contributed by atoms with van der Waals surface area (Å²) in [7, 11) is 0. The molecule has 15 heavy (non-hydrogen) atoms. The maximum absolute atomic E-state index is 10.3. The fourth-order valence-corrected chi connectivity index (χ4v) is 3.83. The molecule has 2 fully saturated rings. The Morgan fingerprint density at radius 1 is 1.20 bits per heavy atom. The standard InChI is InChI=1S/C13H24O2/c1-4-8-5-6-9-7-13(2,3)12(15)10(9)11(8)14/h8-12,14-15H,4-7H2,1-3H3/t8-,9?,10?,11?,12?/m1/s1. The first-order valence-electron chi connectivity index (χ1n) is 6.33. The van der Waals surface area contributed by atoms with E-state index in [0.29, 0.717) is 11.8 Å². The molecule has 0 saturated heterocycles. The lowest BCUT2D eigenvalue weighted by molar-refractivity contribution is -0.0633. The van der Waals surface area contributed by atoms with Crippen molar-refractivity contribution < 1.29 is 10.2 Å². The molecule has 2 rings (SSSR count). The average Bonchev–Trinajstić information content (AvgIpc) is 2.39. The number of hydrogen-bond donors (Lipinski definition) is 2. The summed E-state index contributed by atoms with van der Waals surface area (Å²) in [5.41, 5.74) is -0.00105. The highest BCUT2D eigenvalue weighted by Crippen LogP contribution is 2.52. The molecule has 88 valence electrons. The van der Waals surface area contributed by atoms with Crippen LogP contribution in [0.25, 0.3) is 0 Å². The molecule has 2 heteroatoms. The second kappa shape index (κ2) is 3.74. The van der Waals surface area contributed by atoms with Gasteiger partial charge in [0.2, 0.25) is 0 Å². The molecule has 2 N–H and O–H groups in total. The zero-order chi connectivity index (χ0) is 11.2. The van der Waals surface area contributed by atoms with E-state index >= 15 is 0 Å². The first-order chi connectivity index (χ1) is 6.97. The van der Waals surface area contributed by atoms with Crippen molar-refractivity contribution in [3.05, 3.63) is 0 Å². The highest BCUT2D eigenvalue weighted by molar-refractivity contribution is 5.02. The van der Waals surface area contributed by atoms with Gasteiger partial charge in [-0.15, -0.1) is 0 Å². The zero-order valence-electron chi connectivity index (χ0n) is 10.1. The van der Waals surface area contributed by atoms with E-state index in [1.165, 1.54) is 6.42 Å². The average molecular weight is 212 g/mol. The Morgan fingerprint density at radius 2 is 1.87 bits per heavy atom. The quantitative estimate of drug-likeness (QED) is 0.699. The van der Waals surface area contributed by atoms with Crippen molar-refractivity contribution in [2.75, 3.05) is 0 Å².